The molecule has 0 aliphatic rings. The lowest BCUT2D eigenvalue weighted by Gasteiger charge is -2.40. The summed E-state index contributed by atoms with van der Waals surface area (Å²) in [5.41, 5.74) is 0.274. The summed E-state index contributed by atoms with van der Waals surface area (Å²) in [6.45, 7) is 19.9. The van der Waals surface area contributed by atoms with Crippen LogP contribution in [0.15, 0.2) is 0 Å². The van der Waals surface area contributed by atoms with Crippen LogP contribution in [-0.2, 0) is 9.53 Å². The number of ether oxygens (including phenoxy) is 1. The molecule has 0 unspecified atom stereocenters. The summed E-state index contributed by atoms with van der Waals surface area (Å²) in [6.07, 6.45) is 0.480. The number of carbonyl (C=O) groups excluding carboxylic acids is 1. The van der Waals surface area contributed by atoms with Crippen LogP contribution in [0.25, 0.3) is 0 Å². The molecule has 0 rings (SSSR count). The van der Waals surface area contributed by atoms with Crippen molar-refractivity contribution in [3.05, 3.63) is 0 Å². The molecule has 18 heavy (non-hydrogen) atoms. The third-order valence-electron chi connectivity index (χ3n) is 3.18. The van der Waals surface area contributed by atoms with Crippen LogP contribution in [0.2, 0.25) is 0 Å². The van der Waals surface area contributed by atoms with Gasteiger partial charge in [0, 0.05) is 5.92 Å². The molecule has 2 nitrogen and oxygen atoms in total. The molecule has 0 aromatic heterocycles. The average molecular weight is 256 g/mol. The largest absolute Gasteiger partial charge is 0.465 e. The maximum atomic E-state index is 11.8. The van der Waals surface area contributed by atoms with Gasteiger partial charge in [-0.3, -0.25) is 4.79 Å². The standard InChI is InChI=1S/C16H32O2/c1-14(2,3)10-13(17)18-11-12(15(4,5)6)16(7,8)9/h12H,10-11H2,1-9H3. The van der Waals surface area contributed by atoms with Crippen molar-refractivity contribution in [1.29, 1.82) is 0 Å². The van der Waals surface area contributed by atoms with Crippen LogP contribution < -0.4 is 0 Å². The summed E-state index contributed by atoms with van der Waals surface area (Å²) in [7, 11) is 0. The summed E-state index contributed by atoms with van der Waals surface area (Å²) >= 11 is 0. The maximum absolute atomic E-state index is 11.8. The van der Waals surface area contributed by atoms with Crippen LogP contribution in [0.4, 0.5) is 0 Å². The van der Waals surface area contributed by atoms with Crippen molar-refractivity contribution in [2.45, 2.75) is 68.7 Å². The summed E-state index contributed by atoms with van der Waals surface area (Å²) in [5.74, 6) is 0.273. The molecule has 0 saturated heterocycles. The normalized spacial score (nSPS) is 13.9. The van der Waals surface area contributed by atoms with Crippen LogP contribution in [-0.4, -0.2) is 12.6 Å². The van der Waals surface area contributed by atoms with Gasteiger partial charge in [0.05, 0.1) is 13.0 Å². The van der Waals surface area contributed by atoms with E-state index >= 15 is 0 Å². The maximum Gasteiger partial charge on any atom is 0.306 e. The van der Waals surface area contributed by atoms with Crippen LogP contribution in [0, 0.1) is 22.2 Å². The van der Waals surface area contributed by atoms with E-state index < -0.39 is 0 Å². The van der Waals surface area contributed by atoms with Crippen molar-refractivity contribution >= 4 is 5.97 Å². The zero-order chi connectivity index (χ0) is 14.8. The van der Waals surface area contributed by atoms with Gasteiger partial charge >= 0.3 is 5.97 Å². The Bertz CT molecular complexity index is 257. The molecule has 0 aromatic carbocycles. The highest BCUT2D eigenvalue weighted by molar-refractivity contribution is 5.70. The Balaban J connectivity index is 4.52. The lowest BCUT2D eigenvalue weighted by molar-refractivity contribution is -0.150. The van der Waals surface area contributed by atoms with Gasteiger partial charge in [-0.15, -0.1) is 0 Å². The van der Waals surface area contributed by atoms with Crippen LogP contribution in [0.5, 0.6) is 0 Å². The van der Waals surface area contributed by atoms with E-state index in [4.69, 9.17) is 4.74 Å². The topological polar surface area (TPSA) is 26.3 Å². The second-order valence-electron chi connectivity index (χ2n) is 8.71. The predicted molar refractivity (Wildman–Crippen MR) is 77.4 cm³/mol. The molecule has 0 N–H and O–H groups in total. The molecule has 0 aromatic rings. The van der Waals surface area contributed by atoms with Crippen molar-refractivity contribution < 1.29 is 9.53 Å². The van der Waals surface area contributed by atoms with E-state index in [1.807, 2.05) is 0 Å². The Morgan fingerprint density at radius 1 is 0.889 bits per heavy atom. The lowest BCUT2D eigenvalue weighted by Crippen LogP contribution is -2.37. The number of hydrogen-bond acceptors (Lipinski definition) is 2. The molecule has 0 spiro atoms. The SMILES string of the molecule is CC(C)(C)CC(=O)OCC(C(C)(C)C)C(C)(C)C. The Morgan fingerprint density at radius 2 is 1.28 bits per heavy atom. The molecule has 2 heteroatoms. The minimum absolute atomic E-state index is 0.00392. The number of esters is 1. The second-order valence-corrected chi connectivity index (χ2v) is 8.71. The average Bonchev–Trinajstić information content (AvgIpc) is 1.93. The monoisotopic (exact) mass is 256 g/mol. The minimum atomic E-state index is -0.0824. The van der Waals surface area contributed by atoms with Gasteiger partial charge in [0.15, 0.2) is 0 Å². The minimum Gasteiger partial charge on any atom is -0.465 e. The Kier molecular flexibility index (Phi) is 5.46. The zero-order valence-corrected chi connectivity index (χ0v) is 13.8. The molecular formula is C16H32O2. The molecule has 0 fully saturated rings. The van der Waals surface area contributed by atoms with E-state index in [1.54, 1.807) is 0 Å². The third kappa shape index (κ3) is 7.03. The smallest absolute Gasteiger partial charge is 0.306 e. The van der Waals surface area contributed by atoms with Gasteiger partial charge in [0.1, 0.15) is 0 Å². The van der Waals surface area contributed by atoms with Crippen molar-refractivity contribution in [1.82, 2.24) is 0 Å². The number of rotatable bonds is 3. The van der Waals surface area contributed by atoms with Gasteiger partial charge in [0.2, 0.25) is 0 Å². The molecule has 0 radical (unpaired) electrons. The summed E-state index contributed by atoms with van der Waals surface area (Å²) in [6, 6.07) is 0. The van der Waals surface area contributed by atoms with Gasteiger partial charge in [-0.25, -0.2) is 0 Å². The number of hydrogen-bond donors (Lipinski definition) is 0. The van der Waals surface area contributed by atoms with Gasteiger partial charge < -0.3 is 4.74 Å². The van der Waals surface area contributed by atoms with Gasteiger partial charge in [-0.2, -0.15) is 0 Å². The van der Waals surface area contributed by atoms with E-state index in [0.717, 1.165) is 0 Å². The molecule has 0 aliphatic heterocycles. The third-order valence-corrected chi connectivity index (χ3v) is 3.18. The summed E-state index contributed by atoms with van der Waals surface area (Å²) in [5, 5.41) is 0. The highest BCUT2D eigenvalue weighted by atomic mass is 16.5. The van der Waals surface area contributed by atoms with Gasteiger partial charge in [-0.05, 0) is 16.2 Å². The van der Waals surface area contributed by atoms with Crippen LogP contribution >= 0.6 is 0 Å². The van der Waals surface area contributed by atoms with E-state index in [-0.39, 0.29) is 22.2 Å². The molecule has 0 amide bonds. The Morgan fingerprint density at radius 3 is 1.56 bits per heavy atom. The van der Waals surface area contributed by atoms with E-state index in [2.05, 4.69) is 62.3 Å². The highest BCUT2D eigenvalue weighted by Gasteiger charge is 2.35. The molecular weight excluding hydrogens is 224 g/mol. The van der Waals surface area contributed by atoms with Crippen molar-refractivity contribution in [2.24, 2.45) is 22.2 Å². The van der Waals surface area contributed by atoms with Crippen LogP contribution in [0.1, 0.15) is 68.7 Å². The van der Waals surface area contributed by atoms with Crippen molar-refractivity contribution in [3.63, 3.8) is 0 Å². The molecule has 0 heterocycles. The van der Waals surface area contributed by atoms with E-state index in [9.17, 15) is 4.79 Å². The first-order valence-electron chi connectivity index (χ1n) is 6.89. The van der Waals surface area contributed by atoms with Crippen LogP contribution in [0.3, 0.4) is 0 Å². The first kappa shape index (κ1) is 17.5. The fourth-order valence-corrected chi connectivity index (χ4v) is 2.46. The molecule has 0 atom stereocenters. The lowest BCUT2D eigenvalue weighted by atomic mass is 9.67. The molecule has 0 saturated carbocycles. The second kappa shape index (κ2) is 5.63. The summed E-state index contributed by atoms with van der Waals surface area (Å²) < 4.78 is 5.49. The fourth-order valence-electron chi connectivity index (χ4n) is 2.46. The zero-order valence-electron chi connectivity index (χ0n) is 13.8. The summed E-state index contributed by atoms with van der Waals surface area (Å²) in [4.78, 5) is 11.8. The highest BCUT2D eigenvalue weighted by Crippen LogP contribution is 2.40. The van der Waals surface area contributed by atoms with E-state index in [0.29, 0.717) is 18.9 Å². The predicted octanol–water partition coefficient (Wildman–Crippen LogP) is 4.67. The molecule has 108 valence electrons. The van der Waals surface area contributed by atoms with Crippen molar-refractivity contribution in [3.8, 4) is 0 Å². The molecule has 0 aliphatic carbocycles. The quantitative estimate of drug-likeness (QED) is 0.686. The molecule has 0 bridgehead atoms. The first-order valence-corrected chi connectivity index (χ1v) is 6.89. The fraction of sp³-hybridized carbons (Fsp3) is 0.938. The number of carbonyl (C=O) groups is 1. The van der Waals surface area contributed by atoms with Gasteiger partial charge in [0.25, 0.3) is 0 Å². The Hall–Kier alpha value is -0.530. The van der Waals surface area contributed by atoms with Gasteiger partial charge in [-0.1, -0.05) is 62.3 Å². The van der Waals surface area contributed by atoms with E-state index in [1.165, 1.54) is 0 Å². The Labute approximate surface area is 113 Å². The first-order chi connectivity index (χ1) is 7.73. The van der Waals surface area contributed by atoms with Crippen molar-refractivity contribution in [2.75, 3.05) is 6.61 Å².